The summed E-state index contributed by atoms with van der Waals surface area (Å²) in [6, 6.07) is 4.08. The maximum atomic E-state index is 12.6. The van der Waals surface area contributed by atoms with Crippen molar-refractivity contribution in [1.29, 1.82) is 0 Å². The third-order valence-corrected chi connectivity index (χ3v) is 6.44. The van der Waals surface area contributed by atoms with E-state index in [-0.39, 0.29) is 11.6 Å². The fraction of sp³-hybridized carbons (Fsp3) is 0.474. The lowest BCUT2D eigenvalue weighted by molar-refractivity contribution is 0.480. The zero-order chi connectivity index (χ0) is 18.4. The zero-order valence-electron chi connectivity index (χ0n) is 15.3. The van der Waals surface area contributed by atoms with Crippen LogP contribution in [0.25, 0.3) is 5.52 Å². The van der Waals surface area contributed by atoms with Gasteiger partial charge in [-0.1, -0.05) is 0 Å². The Bertz CT molecular complexity index is 1060. The first-order chi connectivity index (χ1) is 13.2. The molecular formula is C19H22N6OS. The standard InChI is InChI=1S/C19H22N6OS/c1-13-9-17-19(20-5-7-24(17)21-13)23-6-2-3-15(23)11-25-18(26)10-14-12-27-8-4-16(14)22-25/h5,7,9-10,15H,2-4,6,8,11-12H2,1H3. The molecule has 140 valence electrons. The minimum Gasteiger partial charge on any atom is -0.350 e. The predicted molar refractivity (Wildman–Crippen MR) is 106 cm³/mol. The van der Waals surface area contributed by atoms with Gasteiger partial charge in [-0.25, -0.2) is 14.2 Å². The molecule has 0 aliphatic carbocycles. The number of aryl methyl sites for hydroxylation is 2. The van der Waals surface area contributed by atoms with Crippen LogP contribution in [0, 0.1) is 6.92 Å². The second-order valence-electron chi connectivity index (χ2n) is 7.30. The van der Waals surface area contributed by atoms with Gasteiger partial charge < -0.3 is 4.90 Å². The zero-order valence-corrected chi connectivity index (χ0v) is 16.2. The summed E-state index contributed by atoms with van der Waals surface area (Å²) < 4.78 is 3.55. The van der Waals surface area contributed by atoms with E-state index in [1.165, 1.54) is 0 Å². The number of aromatic nitrogens is 5. The van der Waals surface area contributed by atoms with Crippen molar-refractivity contribution in [1.82, 2.24) is 24.4 Å². The van der Waals surface area contributed by atoms with Gasteiger partial charge in [0.15, 0.2) is 5.82 Å². The van der Waals surface area contributed by atoms with Gasteiger partial charge in [-0.3, -0.25) is 4.79 Å². The molecule has 27 heavy (non-hydrogen) atoms. The van der Waals surface area contributed by atoms with Gasteiger partial charge in [0.1, 0.15) is 5.52 Å². The summed E-state index contributed by atoms with van der Waals surface area (Å²) in [6.07, 6.45) is 6.76. The van der Waals surface area contributed by atoms with E-state index in [4.69, 9.17) is 5.10 Å². The Balaban J connectivity index is 1.47. The molecule has 5 heterocycles. The van der Waals surface area contributed by atoms with E-state index in [0.717, 1.165) is 65.6 Å². The Labute approximate surface area is 161 Å². The maximum absolute atomic E-state index is 12.6. The lowest BCUT2D eigenvalue weighted by atomic mass is 10.2. The Morgan fingerprint density at radius 2 is 2.22 bits per heavy atom. The molecule has 8 heteroatoms. The highest BCUT2D eigenvalue weighted by molar-refractivity contribution is 7.98. The average molecular weight is 382 g/mol. The van der Waals surface area contributed by atoms with Gasteiger partial charge in [0.2, 0.25) is 0 Å². The minimum absolute atomic E-state index is 0.00876. The third kappa shape index (κ3) is 3.01. The Kier molecular flexibility index (Phi) is 4.15. The molecule has 2 aliphatic heterocycles. The predicted octanol–water partition coefficient (Wildman–Crippen LogP) is 2.05. The number of hydrogen-bond acceptors (Lipinski definition) is 6. The van der Waals surface area contributed by atoms with E-state index >= 15 is 0 Å². The molecule has 7 nitrogen and oxygen atoms in total. The molecule has 0 saturated carbocycles. The molecule has 2 aliphatic rings. The maximum Gasteiger partial charge on any atom is 0.267 e. The molecule has 5 rings (SSSR count). The van der Waals surface area contributed by atoms with Crippen molar-refractivity contribution in [2.24, 2.45) is 0 Å². The molecule has 1 unspecified atom stereocenters. The average Bonchev–Trinajstić information content (AvgIpc) is 3.27. The van der Waals surface area contributed by atoms with E-state index in [0.29, 0.717) is 6.54 Å². The highest BCUT2D eigenvalue weighted by atomic mass is 32.2. The molecule has 1 saturated heterocycles. The van der Waals surface area contributed by atoms with E-state index < -0.39 is 0 Å². The lowest BCUT2D eigenvalue weighted by Crippen LogP contribution is -2.38. The van der Waals surface area contributed by atoms with Gasteiger partial charge >= 0.3 is 0 Å². The second-order valence-corrected chi connectivity index (χ2v) is 8.40. The lowest BCUT2D eigenvalue weighted by Gasteiger charge is -2.26. The third-order valence-electron chi connectivity index (χ3n) is 5.43. The van der Waals surface area contributed by atoms with Crippen LogP contribution in [0.2, 0.25) is 0 Å². The Morgan fingerprint density at radius 1 is 1.30 bits per heavy atom. The molecule has 0 bridgehead atoms. The van der Waals surface area contributed by atoms with Crippen LogP contribution < -0.4 is 10.5 Å². The van der Waals surface area contributed by atoms with Crippen LogP contribution in [0.5, 0.6) is 0 Å². The van der Waals surface area contributed by atoms with Crippen LogP contribution in [-0.2, 0) is 18.7 Å². The highest BCUT2D eigenvalue weighted by Crippen LogP contribution is 2.28. The molecule has 3 aromatic rings. The molecule has 0 amide bonds. The van der Waals surface area contributed by atoms with Crippen LogP contribution in [0.1, 0.15) is 29.8 Å². The van der Waals surface area contributed by atoms with E-state index in [1.807, 2.05) is 29.4 Å². The Morgan fingerprint density at radius 3 is 3.15 bits per heavy atom. The van der Waals surface area contributed by atoms with Gasteiger partial charge in [-0.05, 0) is 37.1 Å². The van der Waals surface area contributed by atoms with Gasteiger partial charge in [0, 0.05) is 37.2 Å². The number of nitrogens with zero attached hydrogens (tertiary/aromatic N) is 6. The van der Waals surface area contributed by atoms with Crippen LogP contribution >= 0.6 is 11.8 Å². The molecule has 0 aromatic carbocycles. The summed E-state index contributed by atoms with van der Waals surface area (Å²) in [5.41, 5.74) is 4.20. The van der Waals surface area contributed by atoms with E-state index in [9.17, 15) is 4.79 Å². The van der Waals surface area contributed by atoms with Crippen molar-refractivity contribution in [2.45, 2.75) is 44.5 Å². The largest absolute Gasteiger partial charge is 0.350 e. The molecule has 0 N–H and O–H groups in total. The minimum atomic E-state index is 0.00876. The molecule has 1 atom stereocenters. The molecule has 0 spiro atoms. The van der Waals surface area contributed by atoms with Gasteiger partial charge in [0.05, 0.1) is 24.0 Å². The highest BCUT2D eigenvalue weighted by Gasteiger charge is 2.28. The summed E-state index contributed by atoms with van der Waals surface area (Å²) in [4.78, 5) is 19.5. The van der Waals surface area contributed by atoms with Crippen molar-refractivity contribution < 1.29 is 0 Å². The number of fused-ring (bicyclic) bond motifs is 2. The monoisotopic (exact) mass is 382 g/mol. The first-order valence-electron chi connectivity index (χ1n) is 9.44. The fourth-order valence-corrected chi connectivity index (χ4v) is 5.09. The number of hydrogen-bond donors (Lipinski definition) is 0. The normalized spacial score (nSPS) is 19.6. The quantitative estimate of drug-likeness (QED) is 0.691. The van der Waals surface area contributed by atoms with Crippen LogP contribution in [0.15, 0.2) is 29.3 Å². The number of anilines is 1. The molecule has 1 fully saturated rings. The van der Waals surface area contributed by atoms with Crippen LogP contribution in [0.4, 0.5) is 5.82 Å². The molecule has 3 aromatic heterocycles. The summed E-state index contributed by atoms with van der Waals surface area (Å²) >= 11 is 1.87. The van der Waals surface area contributed by atoms with Crippen molar-refractivity contribution in [2.75, 3.05) is 17.2 Å². The van der Waals surface area contributed by atoms with Gasteiger partial charge in [0.25, 0.3) is 5.56 Å². The van der Waals surface area contributed by atoms with Crippen LogP contribution in [-0.4, -0.2) is 42.7 Å². The first-order valence-corrected chi connectivity index (χ1v) is 10.6. The summed E-state index contributed by atoms with van der Waals surface area (Å²) in [5.74, 6) is 2.93. The van der Waals surface area contributed by atoms with Crippen molar-refractivity contribution in [3.8, 4) is 0 Å². The first kappa shape index (κ1) is 16.8. The van der Waals surface area contributed by atoms with Crippen molar-refractivity contribution >= 4 is 23.1 Å². The SMILES string of the molecule is Cc1cc2c(N3CCCC3Cn3nc4c(cc3=O)CSCC4)nccn2n1. The van der Waals surface area contributed by atoms with E-state index in [2.05, 4.69) is 21.0 Å². The van der Waals surface area contributed by atoms with Crippen LogP contribution in [0.3, 0.4) is 0 Å². The van der Waals surface area contributed by atoms with E-state index in [1.54, 1.807) is 16.9 Å². The summed E-state index contributed by atoms with van der Waals surface area (Å²) in [6.45, 7) is 3.54. The Hall–Kier alpha value is -2.35. The molecular weight excluding hydrogens is 360 g/mol. The summed E-state index contributed by atoms with van der Waals surface area (Å²) in [7, 11) is 0. The van der Waals surface area contributed by atoms with Gasteiger partial charge in [-0.15, -0.1) is 0 Å². The topological polar surface area (TPSA) is 68.3 Å². The number of rotatable bonds is 3. The number of thioether (sulfide) groups is 1. The fourth-order valence-electron chi connectivity index (χ4n) is 4.14. The molecule has 0 radical (unpaired) electrons. The van der Waals surface area contributed by atoms with Gasteiger partial charge in [-0.2, -0.15) is 22.0 Å². The van der Waals surface area contributed by atoms with Crippen molar-refractivity contribution in [3.05, 3.63) is 51.8 Å². The second kappa shape index (κ2) is 6.67. The van der Waals surface area contributed by atoms with Crippen molar-refractivity contribution in [3.63, 3.8) is 0 Å². The smallest absolute Gasteiger partial charge is 0.267 e. The summed E-state index contributed by atoms with van der Waals surface area (Å²) in [5, 5.41) is 9.19.